The van der Waals surface area contributed by atoms with Crippen LogP contribution in [0.1, 0.15) is 76.8 Å². The number of Topliss-reactive ketones (excluding diaryl/α,β-unsaturated/α-hetero) is 2. The molecule has 2 aromatic rings. The van der Waals surface area contributed by atoms with Crippen LogP contribution < -0.4 is 5.32 Å². The van der Waals surface area contributed by atoms with Gasteiger partial charge in [-0.1, -0.05) is 46.8 Å². The van der Waals surface area contributed by atoms with Gasteiger partial charge in [-0.3, -0.25) is 19.3 Å². The fourth-order valence-electron chi connectivity index (χ4n) is 5.11. The second-order valence-electron chi connectivity index (χ2n) is 11.1. The molecule has 1 N–H and O–H groups in total. The van der Waals surface area contributed by atoms with Crippen molar-refractivity contribution in [3.8, 4) is 0 Å². The summed E-state index contributed by atoms with van der Waals surface area (Å²) in [7, 11) is 0. The average Bonchev–Trinajstić information content (AvgIpc) is 3.36. The van der Waals surface area contributed by atoms with Crippen LogP contribution in [0.2, 0.25) is 0 Å². The summed E-state index contributed by atoms with van der Waals surface area (Å²) < 4.78 is 1.12. The Morgan fingerprint density at radius 1 is 1.12 bits per heavy atom. The van der Waals surface area contributed by atoms with Gasteiger partial charge < -0.3 is 5.32 Å². The Hall–Kier alpha value is -2.03. The van der Waals surface area contributed by atoms with Gasteiger partial charge in [-0.15, -0.1) is 11.3 Å². The van der Waals surface area contributed by atoms with Crippen LogP contribution in [0.4, 0.5) is 0 Å². The molecule has 3 rings (SSSR count). The molecule has 1 aliphatic heterocycles. The van der Waals surface area contributed by atoms with Crippen molar-refractivity contribution in [1.29, 1.82) is 0 Å². The predicted octanol–water partition coefficient (Wildman–Crippen LogP) is 6.26. The Kier molecular flexibility index (Phi) is 13.3. The molecule has 6 nitrogen and oxygen atoms in total. The minimum atomic E-state index is -0.473. The minimum Gasteiger partial charge on any atom is -0.353 e. The van der Waals surface area contributed by atoms with E-state index in [-0.39, 0.29) is 35.9 Å². The second-order valence-corrected chi connectivity index (χ2v) is 13.5. The van der Waals surface area contributed by atoms with Crippen LogP contribution in [0.3, 0.4) is 0 Å². The van der Waals surface area contributed by atoms with Crippen molar-refractivity contribution in [2.75, 3.05) is 31.1 Å². The van der Waals surface area contributed by atoms with Crippen molar-refractivity contribution in [3.05, 3.63) is 40.9 Å². The van der Waals surface area contributed by atoms with Gasteiger partial charge in [0.15, 0.2) is 5.78 Å². The molecule has 40 heavy (non-hydrogen) atoms. The summed E-state index contributed by atoms with van der Waals surface area (Å²) in [6.45, 7) is 15.0. The van der Waals surface area contributed by atoms with Crippen LogP contribution >= 0.6 is 23.1 Å². The van der Waals surface area contributed by atoms with E-state index in [9.17, 15) is 14.4 Å². The Morgan fingerprint density at radius 2 is 1.88 bits per heavy atom. The van der Waals surface area contributed by atoms with E-state index >= 15 is 0 Å². The number of fused-ring (bicyclic) bond motifs is 1. The van der Waals surface area contributed by atoms with Gasteiger partial charge in [-0.25, -0.2) is 4.98 Å². The zero-order chi connectivity index (χ0) is 29.1. The highest BCUT2D eigenvalue weighted by molar-refractivity contribution is 7.99. The van der Waals surface area contributed by atoms with Gasteiger partial charge in [0, 0.05) is 68.4 Å². The molecule has 8 heteroatoms. The Bertz CT molecular complexity index is 1160. The van der Waals surface area contributed by atoms with Crippen molar-refractivity contribution < 1.29 is 14.4 Å². The van der Waals surface area contributed by atoms with E-state index in [0.29, 0.717) is 37.8 Å². The SMILES string of the molecule is C=C(CN1CCSCC1)C(=O)CC[C@@H](NC(=O)[C@@H](CC(=O)CCC)Cc1nc2ccc(CC)cc2s1)[C@@H](C)CC. The summed E-state index contributed by atoms with van der Waals surface area (Å²) in [6.07, 6.45) is 4.70. The van der Waals surface area contributed by atoms with Crippen molar-refractivity contribution in [2.24, 2.45) is 11.8 Å². The monoisotopic (exact) mass is 585 g/mol. The first-order valence-electron chi connectivity index (χ1n) is 14.9. The predicted molar refractivity (Wildman–Crippen MR) is 169 cm³/mol. The number of carbonyl (C=O) groups is 3. The highest BCUT2D eigenvalue weighted by Gasteiger charge is 2.28. The van der Waals surface area contributed by atoms with Crippen LogP contribution in [0.15, 0.2) is 30.4 Å². The second kappa shape index (κ2) is 16.4. The van der Waals surface area contributed by atoms with E-state index in [1.165, 1.54) is 5.56 Å². The summed E-state index contributed by atoms with van der Waals surface area (Å²) in [5.41, 5.74) is 2.86. The molecule has 1 aliphatic rings. The largest absolute Gasteiger partial charge is 0.353 e. The molecule has 0 radical (unpaired) electrons. The molecular weight excluding hydrogens is 539 g/mol. The summed E-state index contributed by atoms with van der Waals surface area (Å²) in [5.74, 6) is 2.02. The Balaban J connectivity index is 1.67. The lowest BCUT2D eigenvalue weighted by Crippen LogP contribution is -2.43. The smallest absolute Gasteiger partial charge is 0.224 e. The number of hydrogen-bond acceptors (Lipinski definition) is 7. The number of hydrogen-bond donors (Lipinski definition) is 1. The molecule has 0 unspecified atom stereocenters. The third-order valence-corrected chi connectivity index (χ3v) is 9.94. The number of amides is 1. The molecule has 0 bridgehead atoms. The quantitative estimate of drug-likeness (QED) is 0.221. The number of aromatic nitrogens is 1. The first-order chi connectivity index (χ1) is 19.2. The molecule has 1 aromatic carbocycles. The van der Waals surface area contributed by atoms with Crippen molar-refractivity contribution in [2.45, 2.75) is 85.1 Å². The molecule has 1 fully saturated rings. The number of thioether (sulfide) groups is 1. The number of thiazole rings is 1. The number of rotatable bonds is 17. The standard InChI is InChI=1S/C32H47N3O3S2/c1-6-9-26(36)19-25(20-31-33-28-11-10-24(8-3)18-30(28)40-31)32(38)34-27(22(4)7-2)12-13-29(37)23(5)21-35-14-16-39-17-15-35/h10-11,18,22,25,27H,5-9,12-17,19-21H2,1-4H3,(H,34,38)/t22-,25-,27+/m0/s1. The number of aryl methyl sites for hydroxylation is 1. The maximum absolute atomic E-state index is 13.7. The molecule has 3 atom stereocenters. The summed E-state index contributed by atoms with van der Waals surface area (Å²) in [5, 5.41) is 4.14. The van der Waals surface area contributed by atoms with Gasteiger partial charge >= 0.3 is 0 Å². The maximum Gasteiger partial charge on any atom is 0.224 e. The van der Waals surface area contributed by atoms with Crippen molar-refractivity contribution in [3.63, 3.8) is 0 Å². The lowest BCUT2D eigenvalue weighted by molar-refractivity contribution is -0.130. The van der Waals surface area contributed by atoms with Crippen LogP contribution in [0.5, 0.6) is 0 Å². The van der Waals surface area contributed by atoms with Crippen LogP contribution in [0.25, 0.3) is 10.2 Å². The van der Waals surface area contributed by atoms with Crippen molar-refractivity contribution >= 4 is 50.8 Å². The van der Waals surface area contributed by atoms with Crippen LogP contribution in [-0.4, -0.2) is 64.5 Å². The molecule has 0 aliphatic carbocycles. The lowest BCUT2D eigenvalue weighted by atomic mass is 9.91. The van der Waals surface area contributed by atoms with Crippen LogP contribution in [-0.2, 0) is 27.2 Å². The van der Waals surface area contributed by atoms with Gasteiger partial charge in [0.05, 0.1) is 21.1 Å². The number of ketones is 2. The van der Waals surface area contributed by atoms with Gasteiger partial charge in [-0.05, 0) is 42.9 Å². The first kappa shape index (κ1) is 32.5. The first-order valence-corrected chi connectivity index (χ1v) is 16.9. The molecule has 1 aromatic heterocycles. The lowest BCUT2D eigenvalue weighted by Gasteiger charge is -2.28. The molecule has 0 saturated carbocycles. The van der Waals surface area contributed by atoms with E-state index in [1.54, 1.807) is 11.3 Å². The fourth-order valence-corrected chi connectivity index (χ4v) is 7.20. The zero-order valence-electron chi connectivity index (χ0n) is 24.8. The number of nitrogens with one attached hydrogen (secondary N) is 1. The number of carbonyl (C=O) groups excluding carboxylic acids is 3. The minimum absolute atomic E-state index is 0.0800. The van der Waals surface area contributed by atoms with Crippen molar-refractivity contribution in [1.82, 2.24) is 15.2 Å². The van der Waals surface area contributed by atoms with Crippen LogP contribution in [0, 0.1) is 11.8 Å². The molecule has 220 valence electrons. The van der Waals surface area contributed by atoms with Gasteiger partial charge in [0.1, 0.15) is 5.78 Å². The fraction of sp³-hybridized carbons (Fsp3) is 0.625. The van der Waals surface area contributed by atoms with Gasteiger partial charge in [0.2, 0.25) is 5.91 Å². The molecule has 0 spiro atoms. The highest BCUT2D eigenvalue weighted by Crippen LogP contribution is 2.27. The summed E-state index contributed by atoms with van der Waals surface area (Å²) in [4.78, 5) is 46.4. The highest BCUT2D eigenvalue weighted by atomic mass is 32.2. The van der Waals surface area contributed by atoms with E-state index in [1.807, 2.05) is 24.8 Å². The topological polar surface area (TPSA) is 79.4 Å². The average molecular weight is 586 g/mol. The zero-order valence-corrected chi connectivity index (χ0v) is 26.4. The van der Waals surface area contributed by atoms with Gasteiger partial charge in [0.25, 0.3) is 0 Å². The number of nitrogens with zero attached hydrogens (tertiary/aromatic N) is 2. The molecule has 2 heterocycles. The molecular formula is C32H47N3O3S2. The Labute approximate surface area is 248 Å². The molecule has 1 saturated heterocycles. The van der Waals surface area contributed by atoms with E-state index < -0.39 is 5.92 Å². The third kappa shape index (κ3) is 9.81. The number of benzene rings is 1. The van der Waals surface area contributed by atoms with E-state index in [0.717, 1.165) is 59.1 Å². The summed E-state index contributed by atoms with van der Waals surface area (Å²) in [6, 6.07) is 6.17. The van der Waals surface area contributed by atoms with Gasteiger partial charge in [-0.2, -0.15) is 11.8 Å². The normalized spacial score (nSPS) is 16.4. The third-order valence-electron chi connectivity index (χ3n) is 7.95. The molecule has 1 amide bonds. The summed E-state index contributed by atoms with van der Waals surface area (Å²) >= 11 is 3.56. The Morgan fingerprint density at radius 3 is 2.55 bits per heavy atom. The van der Waals surface area contributed by atoms with E-state index in [4.69, 9.17) is 4.98 Å². The van der Waals surface area contributed by atoms with E-state index in [2.05, 4.69) is 49.7 Å². The maximum atomic E-state index is 13.7.